The van der Waals surface area contributed by atoms with Gasteiger partial charge in [-0.25, -0.2) is 0 Å². The Bertz CT molecular complexity index is 1390. The van der Waals surface area contributed by atoms with Crippen LogP contribution in [0.2, 0.25) is 0 Å². The summed E-state index contributed by atoms with van der Waals surface area (Å²) in [5.41, 5.74) is 1.96. The molecule has 0 bridgehead atoms. The number of nitrogens with one attached hydrogen (secondary N) is 1. The van der Waals surface area contributed by atoms with Gasteiger partial charge in [-0.1, -0.05) is 42.5 Å². The molecule has 5 heteroatoms. The summed E-state index contributed by atoms with van der Waals surface area (Å²) in [5.74, 6) is -0.600. The smallest absolute Gasteiger partial charge is 0.293 e. The third kappa shape index (κ3) is 3.20. The number of hydrogen-bond acceptors (Lipinski definition) is 3. The highest BCUT2D eigenvalue weighted by Crippen LogP contribution is 2.29. The summed E-state index contributed by atoms with van der Waals surface area (Å²) in [6.45, 7) is 1.81. The second kappa shape index (κ2) is 7.29. The van der Waals surface area contributed by atoms with Crippen LogP contribution in [0.25, 0.3) is 10.8 Å². The molecule has 0 saturated heterocycles. The average molecular weight is 407 g/mol. The predicted octanol–water partition coefficient (Wildman–Crippen LogP) is 4.10. The van der Waals surface area contributed by atoms with E-state index < -0.39 is 6.04 Å². The largest absolute Gasteiger partial charge is 0.320 e. The Morgan fingerprint density at radius 3 is 2.13 bits per heavy atom. The number of carbonyl (C=O) groups excluding carboxylic acids is 3. The molecule has 4 aromatic rings. The fourth-order valence-corrected chi connectivity index (χ4v) is 3.95. The molecule has 1 heterocycles. The fourth-order valence-electron chi connectivity index (χ4n) is 3.95. The van der Waals surface area contributed by atoms with Crippen LogP contribution in [0, 0.1) is 0 Å². The molecule has 5 rings (SSSR count). The minimum Gasteiger partial charge on any atom is -0.320 e. The monoisotopic (exact) mass is 407 g/mol. The molecular formula is C26H19N2O3+. The molecule has 3 aromatic carbocycles. The Kier molecular flexibility index (Phi) is 4.44. The number of nitrogens with zero attached hydrogens (tertiary/aromatic N) is 1. The Labute approximate surface area is 179 Å². The lowest BCUT2D eigenvalue weighted by Crippen LogP contribution is -2.44. The summed E-state index contributed by atoms with van der Waals surface area (Å²) >= 11 is 0. The second-order valence-electron chi connectivity index (χ2n) is 7.65. The Balaban J connectivity index is 1.42. The van der Waals surface area contributed by atoms with Crippen molar-refractivity contribution in [2.75, 3.05) is 5.32 Å². The maximum absolute atomic E-state index is 12.9. The van der Waals surface area contributed by atoms with Gasteiger partial charge in [-0.15, -0.1) is 0 Å². The van der Waals surface area contributed by atoms with Gasteiger partial charge in [-0.05, 0) is 29.7 Å². The number of hydrogen-bond donors (Lipinski definition) is 1. The van der Waals surface area contributed by atoms with Crippen LogP contribution >= 0.6 is 0 Å². The van der Waals surface area contributed by atoms with E-state index >= 15 is 0 Å². The third-order valence-electron chi connectivity index (χ3n) is 5.73. The number of amides is 1. The molecule has 150 valence electrons. The highest BCUT2D eigenvalue weighted by Gasteiger charge is 2.30. The van der Waals surface area contributed by atoms with Gasteiger partial charge < -0.3 is 5.32 Å². The summed E-state index contributed by atoms with van der Waals surface area (Å²) in [6.07, 6.45) is 3.81. The van der Waals surface area contributed by atoms with Crippen LogP contribution in [0.1, 0.15) is 44.8 Å². The van der Waals surface area contributed by atoms with Gasteiger partial charge >= 0.3 is 0 Å². The lowest BCUT2D eigenvalue weighted by molar-refractivity contribution is -0.704. The molecule has 1 aromatic heterocycles. The first-order chi connectivity index (χ1) is 15.0. The molecule has 0 radical (unpaired) electrons. The molecule has 0 spiro atoms. The first kappa shape index (κ1) is 18.9. The van der Waals surface area contributed by atoms with E-state index in [0.717, 1.165) is 10.8 Å². The molecule has 0 aliphatic heterocycles. The van der Waals surface area contributed by atoms with Gasteiger partial charge in [0, 0.05) is 46.3 Å². The zero-order chi connectivity index (χ0) is 21.5. The zero-order valence-electron chi connectivity index (χ0n) is 16.8. The molecule has 1 amide bonds. The Morgan fingerprint density at radius 2 is 1.39 bits per heavy atom. The SMILES string of the molecule is C[C@@H](C(=O)Nc1ccc2c(c1)C(=O)c1ccccc1C2=O)[n+]1ccc2ccccc2c1. The number of fused-ring (bicyclic) bond motifs is 3. The van der Waals surface area contributed by atoms with Crippen molar-refractivity contribution in [3.05, 3.63) is 107 Å². The van der Waals surface area contributed by atoms with Gasteiger partial charge in [-0.2, -0.15) is 4.57 Å². The number of pyridine rings is 1. The van der Waals surface area contributed by atoms with Gasteiger partial charge in [-0.3, -0.25) is 14.4 Å². The lowest BCUT2D eigenvalue weighted by Gasteiger charge is -2.18. The van der Waals surface area contributed by atoms with Crippen molar-refractivity contribution < 1.29 is 19.0 Å². The van der Waals surface area contributed by atoms with Crippen LogP contribution < -0.4 is 9.88 Å². The number of carbonyl (C=O) groups is 3. The van der Waals surface area contributed by atoms with Crippen molar-refractivity contribution in [2.45, 2.75) is 13.0 Å². The predicted molar refractivity (Wildman–Crippen MR) is 117 cm³/mol. The number of ketones is 2. The van der Waals surface area contributed by atoms with E-state index in [1.165, 1.54) is 0 Å². The Morgan fingerprint density at radius 1 is 0.774 bits per heavy atom. The normalized spacial score (nSPS) is 13.5. The van der Waals surface area contributed by atoms with Crippen molar-refractivity contribution >= 4 is 33.9 Å². The summed E-state index contributed by atoms with van der Waals surface area (Å²) < 4.78 is 1.85. The summed E-state index contributed by atoms with van der Waals surface area (Å²) in [7, 11) is 0. The quantitative estimate of drug-likeness (QED) is 0.458. The zero-order valence-corrected chi connectivity index (χ0v) is 16.8. The molecule has 1 aliphatic carbocycles. The van der Waals surface area contributed by atoms with Crippen molar-refractivity contribution in [1.29, 1.82) is 0 Å². The molecule has 0 saturated carbocycles. The van der Waals surface area contributed by atoms with E-state index in [2.05, 4.69) is 5.32 Å². The lowest BCUT2D eigenvalue weighted by atomic mass is 9.84. The first-order valence-electron chi connectivity index (χ1n) is 10.1. The van der Waals surface area contributed by atoms with E-state index in [0.29, 0.717) is 27.9 Å². The molecule has 1 atom stereocenters. The van der Waals surface area contributed by atoms with Crippen LogP contribution in [0.5, 0.6) is 0 Å². The van der Waals surface area contributed by atoms with Crippen LogP contribution in [-0.2, 0) is 4.79 Å². The van der Waals surface area contributed by atoms with Gasteiger partial charge in [0.15, 0.2) is 24.0 Å². The summed E-state index contributed by atoms with van der Waals surface area (Å²) in [5, 5.41) is 5.02. The van der Waals surface area contributed by atoms with Crippen LogP contribution in [0.15, 0.2) is 85.2 Å². The van der Waals surface area contributed by atoms with Gasteiger partial charge in [0.25, 0.3) is 5.91 Å². The van der Waals surface area contributed by atoms with Crippen LogP contribution in [-0.4, -0.2) is 17.5 Å². The topological polar surface area (TPSA) is 67.1 Å². The summed E-state index contributed by atoms with van der Waals surface area (Å²) in [6, 6.07) is 21.1. The third-order valence-corrected chi connectivity index (χ3v) is 5.73. The fraction of sp³-hybridized carbons (Fsp3) is 0.0769. The van der Waals surface area contributed by atoms with Crippen LogP contribution in [0.3, 0.4) is 0 Å². The number of aromatic nitrogens is 1. The Hall–Kier alpha value is -4.12. The minimum atomic E-state index is -0.460. The van der Waals surface area contributed by atoms with Gasteiger partial charge in [0.1, 0.15) is 0 Å². The molecule has 1 aliphatic rings. The van der Waals surface area contributed by atoms with Crippen LogP contribution in [0.4, 0.5) is 5.69 Å². The molecular weight excluding hydrogens is 388 g/mol. The molecule has 5 nitrogen and oxygen atoms in total. The van der Waals surface area contributed by atoms with Crippen molar-refractivity contribution in [1.82, 2.24) is 0 Å². The van der Waals surface area contributed by atoms with E-state index in [-0.39, 0.29) is 17.5 Å². The van der Waals surface area contributed by atoms with Crippen molar-refractivity contribution in [2.24, 2.45) is 0 Å². The first-order valence-corrected chi connectivity index (χ1v) is 10.1. The standard InChI is InChI=1S/C26H18N2O3/c1-16(28-13-12-17-6-2-3-7-18(17)15-28)26(31)27-19-10-11-22-23(14-19)25(30)21-9-5-4-8-20(21)24(22)29/h2-16H,1H3/p+1/t16-/m0/s1. The second-order valence-corrected chi connectivity index (χ2v) is 7.65. The highest BCUT2D eigenvalue weighted by molar-refractivity contribution is 6.28. The van der Waals surface area contributed by atoms with Crippen molar-refractivity contribution in [3.63, 3.8) is 0 Å². The molecule has 31 heavy (non-hydrogen) atoms. The number of anilines is 1. The molecule has 0 fully saturated rings. The molecule has 0 unspecified atom stereocenters. The van der Waals surface area contributed by atoms with E-state index in [1.807, 2.05) is 54.2 Å². The maximum Gasteiger partial charge on any atom is 0.293 e. The minimum absolute atomic E-state index is 0.178. The average Bonchev–Trinajstić information content (AvgIpc) is 2.81. The van der Waals surface area contributed by atoms with Crippen molar-refractivity contribution in [3.8, 4) is 0 Å². The van der Waals surface area contributed by atoms with E-state index in [4.69, 9.17) is 0 Å². The number of rotatable bonds is 3. The summed E-state index contributed by atoms with van der Waals surface area (Å²) in [4.78, 5) is 38.5. The maximum atomic E-state index is 12.9. The van der Waals surface area contributed by atoms with Gasteiger partial charge in [0.2, 0.25) is 6.04 Å². The van der Waals surface area contributed by atoms with E-state index in [1.54, 1.807) is 42.5 Å². The number of benzene rings is 3. The highest BCUT2D eigenvalue weighted by atomic mass is 16.2. The molecule has 1 N–H and O–H groups in total. The van der Waals surface area contributed by atoms with E-state index in [9.17, 15) is 14.4 Å². The van der Waals surface area contributed by atoms with Gasteiger partial charge in [0.05, 0.1) is 0 Å².